The fourth-order valence-electron chi connectivity index (χ4n) is 2.93. The zero-order chi connectivity index (χ0) is 20.8. The Hall–Kier alpha value is -3.35. The van der Waals surface area contributed by atoms with Gasteiger partial charge in [-0.15, -0.1) is 0 Å². The van der Waals surface area contributed by atoms with Crippen molar-refractivity contribution in [1.82, 2.24) is 9.97 Å². The molecule has 3 rings (SSSR count). The highest BCUT2D eigenvalue weighted by Crippen LogP contribution is 2.34. The van der Waals surface area contributed by atoms with Gasteiger partial charge < -0.3 is 14.2 Å². The van der Waals surface area contributed by atoms with Crippen LogP contribution >= 0.6 is 0 Å². The zero-order valence-electron chi connectivity index (χ0n) is 17.1. The van der Waals surface area contributed by atoms with Crippen molar-refractivity contribution in [3.63, 3.8) is 0 Å². The lowest BCUT2D eigenvalue weighted by Crippen LogP contribution is -2.10. The van der Waals surface area contributed by atoms with Crippen molar-refractivity contribution in [2.45, 2.75) is 26.7 Å². The van der Waals surface area contributed by atoms with Gasteiger partial charge in [0.05, 0.1) is 31.7 Å². The van der Waals surface area contributed by atoms with Crippen LogP contribution in [-0.2, 0) is 4.79 Å². The molecular weight excluding hydrogens is 370 g/mol. The van der Waals surface area contributed by atoms with E-state index in [-0.39, 0.29) is 11.9 Å². The number of methoxy groups -OCH3 is 2. The second-order valence-corrected chi connectivity index (χ2v) is 6.54. The number of carbonyl (C=O) groups excluding carboxylic acids is 1. The van der Waals surface area contributed by atoms with Crippen LogP contribution in [0.3, 0.4) is 0 Å². The Morgan fingerprint density at radius 3 is 2.41 bits per heavy atom. The maximum absolute atomic E-state index is 11.4. The third kappa shape index (κ3) is 4.74. The second kappa shape index (κ2) is 9.23. The Morgan fingerprint density at radius 1 is 1.00 bits per heavy atom. The maximum atomic E-state index is 11.4. The third-order valence-electron chi connectivity index (χ3n) is 4.40. The van der Waals surface area contributed by atoms with E-state index in [1.54, 1.807) is 14.2 Å². The fourth-order valence-corrected chi connectivity index (χ4v) is 2.93. The molecule has 0 spiro atoms. The van der Waals surface area contributed by atoms with Gasteiger partial charge >= 0.3 is 0 Å². The highest BCUT2D eigenvalue weighted by atomic mass is 16.5. The predicted octanol–water partition coefficient (Wildman–Crippen LogP) is 4.45. The average Bonchev–Trinajstić information content (AvgIpc) is 2.72. The largest absolute Gasteiger partial charge is 0.493 e. The van der Waals surface area contributed by atoms with Gasteiger partial charge in [0.1, 0.15) is 0 Å². The first-order chi connectivity index (χ1) is 14.0. The van der Waals surface area contributed by atoms with Gasteiger partial charge in [-0.1, -0.05) is 25.5 Å². The predicted molar refractivity (Wildman–Crippen MR) is 113 cm³/mol. The minimum absolute atomic E-state index is 0.231. The third-order valence-corrected chi connectivity index (χ3v) is 4.40. The van der Waals surface area contributed by atoms with Gasteiger partial charge in [-0.05, 0) is 41.8 Å². The van der Waals surface area contributed by atoms with Crippen LogP contribution in [0.5, 0.6) is 17.4 Å². The first-order valence-corrected chi connectivity index (χ1v) is 9.50. The fraction of sp³-hybridized carbons (Fsp3) is 0.318. The van der Waals surface area contributed by atoms with Crippen LogP contribution in [0.1, 0.15) is 26.7 Å². The molecule has 0 radical (unpaired) electrons. The Bertz CT molecular complexity index is 1020. The van der Waals surface area contributed by atoms with Gasteiger partial charge in [0.2, 0.25) is 17.7 Å². The summed E-state index contributed by atoms with van der Waals surface area (Å²) in [4.78, 5) is 20.2. The number of hydrogen-bond acceptors (Lipinski definition) is 6. The minimum Gasteiger partial charge on any atom is -0.493 e. The zero-order valence-corrected chi connectivity index (χ0v) is 17.1. The lowest BCUT2D eigenvalue weighted by atomic mass is 10.0. The monoisotopic (exact) mass is 395 g/mol. The first kappa shape index (κ1) is 20.4. The molecule has 29 heavy (non-hydrogen) atoms. The van der Waals surface area contributed by atoms with Crippen LogP contribution in [0.2, 0.25) is 0 Å². The molecule has 0 bridgehead atoms. The van der Waals surface area contributed by atoms with E-state index >= 15 is 0 Å². The molecule has 1 N–H and O–H groups in total. The van der Waals surface area contributed by atoms with Crippen molar-refractivity contribution < 1.29 is 19.0 Å². The van der Waals surface area contributed by atoms with Gasteiger partial charge in [0.25, 0.3) is 0 Å². The molecular formula is C22H25N3O4. The quantitative estimate of drug-likeness (QED) is 0.568. The van der Waals surface area contributed by atoms with Crippen molar-refractivity contribution in [3.05, 3.63) is 36.4 Å². The molecule has 0 aliphatic carbocycles. The highest BCUT2D eigenvalue weighted by Gasteiger charge is 2.13. The molecule has 1 aromatic heterocycles. The van der Waals surface area contributed by atoms with Crippen LogP contribution in [0.15, 0.2) is 36.4 Å². The number of rotatable bonds is 8. The van der Waals surface area contributed by atoms with Gasteiger partial charge in [-0.2, -0.15) is 4.98 Å². The normalized spacial score (nSPS) is 10.6. The van der Waals surface area contributed by atoms with Crippen LogP contribution in [0.4, 0.5) is 5.95 Å². The van der Waals surface area contributed by atoms with E-state index in [4.69, 9.17) is 14.2 Å². The molecule has 0 saturated carbocycles. The van der Waals surface area contributed by atoms with Crippen molar-refractivity contribution >= 4 is 22.8 Å². The molecule has 1 amide bonds. The van der Waals surface area contributed by atoms with Gasteiger partial charge in [-0.3, -0.25) is 10.1 Å². The summed E-state index contributed by atoms with van der Waals surface area (Å²) in [5.41, 5.74) is 2.63. The van der Waals surface area contributed by atoms with Crippen molar-refractivity contribution in [3.8, 4) is 28.5 Å². The minimum atomic E-state index is -0.231. The summed E-state index contributed by atoms with van der Waals surface area (Å²) in [5, 5.41) is 3.41. The molecule has 7 heteroatoms. The Balaban J connectivity index is 2.07. The van der Waals surface area contributed by atoms with E-state index in [1.165, 1.54) is 6.92 Å². The van der Waals surface area contributed by atoms with E-state index in [2.05, 4.69) is 22.2 Å². The van der Waals surface area contributed by atoms with E-state index in [0.717, 1.165) is 29.4 Å². The van der Waals surface area contributed by atoms with E-state index < -0.39 is 0 Å². The maximum Gasteiger partial charge on any atom is 0.233 e. The lowest BCUT2D eigenvalue weighted by Gasteiger charge is -2.13. The van der Waals surface area contributed by atoms with E-state index in [1.807, 2.05) is 36.4 Å². The Morgan fingerprint density at radius 2 is 1.72 bits per heavy atom. The number of unbranched alkanes of at least 4 members (excludes halogenated alkanes) is 1. The molecule has 1 heterocycles. The molecule has 7 nitrogen and oxygen atoms in total. The van der Waals surface area contributed by atoms with Crippen LogP contribution in [0, 0.1) is 0 Å². The summed E-state index contributed by atoms with van der Waals surface area (Å²) in [7, 11) is 3.22. The van der Waals surface area contributed by atoms with Crippen molar-refractivity contribution in [2.24, 2.45) is 0 Å². The van der Waals surface area contributed by atoms with Gasteiger partial charge in [0, 0.05) is 6.92 Å². The number of benzene rings is 2. The number of nitrogens with one attached hydrogen (secondary N) is 1. The highest BCUT2D eigenvalue weighted by molar-refractivity contribution is 5.92. The van der Waals surface area contributed by atoms with E-state index in [0.29, 0.717) is 29.5 Å². The van der Waals surface area contributed by atoms with Gasteiger partial charge in [-0.25, -0.2) is 4.98 Å². The molecule has 3 aromatic rings. The smallest absolute Gasteiger partial charge is 0.233 e. The summed E-state index contributed by atoms with van der Waals surface area (Å²) < 4.78 is 16.6. The molecule has 0 aliphatic heterocycles. The number of carbonyl (C=O) groups is 1. The number of anilines is 1. The molecule has 152 valence electrons. The second-order valence-electron chi connectivity index (χ2n) is 6.54. The molecule has 2 aromatic carbocycles. The summed E-state index contributed by atoms with van der Waals surface area (Å²) in [6.45, 7) is 4.06. The van der Waals surface area contributed by atoms with Gasteiger partial charge in [0.15, 0.2) is 11.5 Å². The van der Waals surface area contributed by atoms with Crippen molar-refractivity contribution in [2.75, 3.05) is 26.1 Å². The molecule has 0 unspecified atom stereocenters. The van der Waals surface area contributed by atoms with Crippen molar-refractivity contribution in [1.29, 1.82) is 0 Å². The first-order valence-electron chi connectivity index (χ1n) is 9.50. The van der Waals surface area contributed by atoms with Crippen LogP contribution < -0.4 is 19.5 Å². The Kier molecular flexibility index (Phi) is 6.49. The summed E-state index contributed by atoms with van der Waals surface area (Å²) in [6, 6.07) is 11.6. The number of ether oxygens (including phenoxy) is 3. The van der Waals surface area contributed by atoms with Crippen LogP contribution in [-0.4, -0.2) is 36.7 Å². The molecule has 0 atom stereocenters. The SMILES string of the molecule is CCCCOc1nc(NC(C)=O)nc2ccc(-c3ccc(OC)c(OC)c3)cc12. The average molecular weight is 395 g/mol. The number of nitrogens with zero attached hydrogens (tertiary/aromatic N) is 2. The number of fused-ring (bicyclic) bond motifs is 1. The number of amides is 1. The summed E-state index contributed by atoms with van der Waals surface area (Å²) in [5.74, 6) is 1.78. The summed E-state index contributed by atoms with van der Waals surface area (Å²) in [6.07, 6.45) is 1.93. The molecule has 0 aliphatic rings. The molecule has 0 fully saturated rings. The summed E-state index contributed by atoms with van der Waals surface area (Å²) >= 11 is 0. The molecule has 0 saturated heterocycles. The standard InChI is InChI=1S/C22H25N3O4/c1-5-6-11-29-21-17-12-15(16-8-10-19(27-3)20(13-16)28-4)7-9-18(17)24-22(25-21)23-14(2)26/h7-10,12-13H,5-6,11H2,1-4H3,(H,23,24,25,26). The topological polar surface area (TPSA) is 82.6 Å². The Labute approximate surface area is 170 Å². The lowest BCUT2D eigenvalue weighted by molar-refractivity contribution is -0.114. The number of hydrogen-bond donors (Lipinski definition) is 1. The number of aromatic nitrogens is 2. The van der Waals surface area contributed by atoms with Crippen LogP contribution in [0.25, 0.3) is 22.0 Å². The van der Waals surface area contributed by atoms with E-state index in [9.17, 15) is 4.79 Å².